The fourth-order valence-electron chi connectivity index (χ4n) is 4.50. The third-order valence-corrected chi connectivity index (χ3v) is 4.89. The Morgan fingerprint density at radius 1 is 0.708 bits per heavy atom. The predicted octanol–water partition coefficient (Wildman–Crippen LogP) is 7.11. The molecule has 2 heteroatoms. The zero-order chi connectivity index (χ0) is 19.1. The van der Waals surface area contributed by atoms with Crippen LogP contribution >= 0.6 is 12.6 Å². The Labute approximate surface area is 155 Å². The molecule has 138 valence electrons. The Morgan fingerprint density at radius 2 is 1.08 bits per heavy atom. The van der Waals surface area contributed by atoms with Gasteiger partial charge in [-0.1, -0.05) is 69.2 Å². The van der Waals surface area contributed by atoms with Crippen molar-refractivity contribution >= 4 is 12.6 Å². The van der Waals surface area contributed by atoms with Crippen molar-refractivity contribution < 1.29 is 5.11 Å². The van der Waals surface area contributed by atoms with E-state index in [1.54, 1.807) is 0 Å². The van der Waals surface area contributed by atoms with Gasteiger partial charge in [0.15, 0.2) is 0 Å². The summed E-state index contributed by atoms with van der Waals surface area (Å²) < 4.78 is 0. The average Bonchev–Trinajstić information content (AvgIpc) is 2.24. The molecule has 0 saturated carbocycles. The number of rotatable bonds is 4. The quantitative estimate of drug-likeness (QED) is 0.554. The zero-order valence-corrected chi connectivity index (χ0v) is 18.4. The molecule has 0 aliphatic rings. The van der Waals surface area contributed by atoms with Crippen molar-refractivity contribution in [1.29, 1.82) is 0 Å². The Morgan fingerprint density at radius 3 is 1.46 bits per heavy atom. The molecule has 1 nitrogen and oxygen atoms in total. The maximum absolute atomic E-state index is 10.8. The minimum atomic E-state index is -0.0908. The average molecular weight is 351 g/mol. The largest absolute Gasteiger partial charge is 0.508 e. The number of hydrogen-bond acceptors (Lipinski definition) is 2. The van der Waals surface area contributed by atoms with Crippen LogP contribution in [0.2, 0.25) is 0 Å². The lowest BCUT2D eigenvalue weighted by Crippen LogP contribution is -2.27. The van der Waals surface area contributed by atoms with Crippen LogP contribution in [0.15, 0.2) is 17.0 Å². The monoisotopic (exact) mass is 350 g/mol. The Balaban J connectivity index is 3.33. The number of aromatic hydroxyl groups is 1. The summed E-state index contributed by atoms with van der Waals surface area (Å²) in [6.45, 7) is 22.4. The van der Waals surface area contributed by atoms with Crippen LogP contribution in [0.3, 0.4) is 0 Å². The van der Waals surface area contributed by atoms with Crippen molar-refractivity contribution in [3.05, 3.63) is 23.3 Å². The SMILES string of the molecule is CC(C)(C)CC(C)(C)c1cc(S)c(C(C)(C)CC(C)(C)C)cc1O. The number of hydrogen-bond donors (Lipinski definition) is 2. The minimum Gasteiger partial charge on any atom is -0.508 e. The molecule has 0 aliphatic carbocycles. The molecule has 0 heterocycles. The summed E-state index contributed by atoms with van der Waals surface area (Å²) in [6.07, 6.45) is 2.04. The Bertz CT molecular complexity index is 529. The smallest absolute Gasteiger partial charge is 0.119 e. The summed E-state index contributed by atoms with van der Waals surface area (Å²) in [5, 5.41) is 10.8. The molecule has 0 fully saturated rings. The first-order chi connectivity index (χ1) is 10.4. The highest BCUT2D eigenvalue weighted by Gasteiger charge is 2.33. The number of phenolic OH excluding ortho intramolecular Hbond substituents is 1. The van der Waals surface area contributed by atoms with E-state index in [0.717, 1.165) is 28.9 Å². The molecule has 0 unspecified atom stereocenters. The topological polar surface area (TPSA) is 20.2 Å². The molecular formula is C22H38OS. The van der Waals surface area contributed by atoms with Gasteiger partial charge in [0.05, 0.1) is 0 Å². The van der Waals surface area contributed by atoms with Gasteiger partial charge in [-0.3, -0.25) is 0 Å². The summed E-state index contributed by atoms with van der Waals surface area (Å²) in [5.41, 5.74) is 2.44. The molecule has 24 heavy (non-hydrogen) atoms. The third-order valence-electron chi connectivity index (χ3n) is 4.52. The second kappa shape index (κ2) is 6.59. The van der Waals surface area contributed by atoms with Crippen molar-refractivity contribution in [2.75, 3.05) is 0 Å². The zero-order valence-electron chi connectivity index (χ0n) is 17.5. The summed E-state index contributed by atoms with van der Waals surface area (Å²) in [4.78, 5) is 0.985. The third kappa shape index (κ3) is 5.72. The molecule has 0 spiro atoms. The van der Waals surface area contributed by atoms with Gasteiger partial charge in [0.25, 0.3) is 0 Å². The van der Waals surface area contributed by atoms with Gasteiger partial charge in [-0.2, -0.15) is 0 Å². The number of phenols is 1. The van der Waals surface area contributed by atoms with Gasteiger partial charge >= 0.3 is 0 Å². The van der Waals surface area contributed by atoms with E-state index in [2.05, 4.69) is 75.3 Å². The molecule has 0 bridgehead atoms. The molecule has 1 rings (SSSR count). The highest BCUT2D eigenvalue weighted by atomic mass is 32.1. The van der Waals surface area contributed by atoms with Crippen LogP contribution in [0.4, 0.5) is 0 Å². The van der Waals surface area contributed by atoms with E-state index < -0.39 is 0 Å². The minimum absolute atomic E-state index is 0.0283. The van der Waals surface area contributed by atoms with E-state index in [1.165, 1.54) is 0 Å². The first kappa shape index (κ1) is 21.4. The van der Waals surface area contributed by atoms with Gasteiger partial charge in [-0.25, -0.2) is 0 Å². The van der Waals surface area contributed by atoms with Crippen LogP contribution in [0.25, 0.3) is 0 Å². The number of thiol groups is 1. The van der Waals surface area contributed by atoms with Crippen LogP contribution in [-0.2, 0) is 10.8 Å². The van der Waals surface area contributed by atoms with Crippen molar-refractivity contribution in [3.63, 3.8) is 0 Å². The van der Waals surface area contributed by atoms with Gasteiger partial charge in [0, 0.05) is 10.5 Å². The van der Waals surface area contributed by atoms with E-state index in [4.69, 9.17) is 12.6 Å². The van der Waals surface area contributed by atoms with Crippen molar-refractivity contribution in [1.82, 2.24) is 0 Å². The molecule has 0 aliphatic heterocycles. The maximum atomic E-state index is 10.8. The molecule has 1 aromatic carbocycles. The summed E-state index contributed by atoms with van der Waals surface area (Å²) in [5.74, 6) is 0.402. The summed E-state index contributed by atoms with van der Waals surface area (Å²) in [6, 6.07) is 4.04. The fraction of sp³-hybridized carbons (Fsp3) is 0.727. The molecule has 1 N–H and O–H groups in total. The lowest BCUT2D eigenvalue weighted by Gasteiger charge is -2.36. The van der Waals surface area contributed by atoms with Crippen molar-refractivity contribution in [2.24, 2.45) is 10.8 Å². The van der Waals surface area contributed by atoms with Crippen LogP contribution in [0.5, 0.6) is 5.75 Å². The Kier molecular flexibility index (Phi) is 5.88. The molecular weight excluding hydrogens is 312 g/mol. The molecule has 0 amide bonds. The van der Waals surface area contributed by atoms with Crippen LogP contribution in [-0.4, -0.2) is 5.11 Å². The maximum Gasteiger partial charge on any atom is 0.119 e. The Hall–Kier alpha value is -0.630. The van der Waals surface area contributed by atoms with Gasteiger partial charge < -0.3 is 5.11 Å². The van der Waals surface area contributed by atoms with E-state index in [1.807, 2.05) is 6.07 Å². The fourth-order valence-corrected chi connectivity index (χ4v) is 5.00. The van der Waals surface area contributed by atoms with Gasteiger partial charge in [-0.15, -0.1) is 12.6 Å². The van der Waals surface area contributed by atoms with E-state index in [-0.39, 0.29) is 21.7 Å². The highest BCUT2D eigenvalue weighted by molar-refractivity contribution is 7.80. The van der Waals surface area contributed by atoms with Crippen LogP contribution in [0.1, 0.15) is 93.2 Å². The first-order valence-corrected chi connectivity index (χ1v) is 9.46. The van der Waals surface area contributed by atoms with Crippen molar-refractivity contribution in [3.8, 4) is 5.75 Å². The lowest BCUT2D eigenvalue weighted by molar-refractivity contribution is 0.273. The molecule has 0 radical (unpaired) electrons. The van der Waals surface area contributed by atoms with Crippen LogP contribution in [0, 0.1) is 10.8 Å². The summed E-state index contributed by atoms with van der Waals surface area (Å²) >= 11 is 4.79. The molecule has 0 saturated heterocycles. The van der Waals surface area contributed by atoms with E-state index in [0.29, 0.717) is 5.75 Å². The lowest BCUT2D eigenvalue weighted by atomic mass is 9.69. The second-order valence-electron chi connectivity index (χ2n) is 11.1. The van der Waals surface area contributed by atoms with Gasteiger partial charge in [0.2, 0.25) is 0 Å². The van der Waals surface area contributed by atoms with Crippen molar-refractivity contribution in [2.45, 2.75) is 97.8 Å². The predicted molar refractivity (Wildman–Crippen MR) is 110 cm³/mol. The van der Waals surface area contributed by atoms with Crippen LogP contribution < -0.4 is 0 Å². The van der Waals surface area contributed by atoms with Gasteiger partial charge in [0.1, 0.15) is 5.75 Å². The molecule has 0 atom stereocenters. The molecule has 0 aromatic heterocycles. The first-order valence-electron chi connectivity index (χ1n) is 9.02. The normalized spacial score (nSPS) is 14.1. The van der Waals surface area contributed by atoms with Gasteiger partial charge in [-0.05, 0) is 52.2 Å². The van der Waals surface area contributed by atoms with E-state index in [9.17, 15) is 5.11 Å². The number of benzene rings is 1. The summed E-state index contributed by atoms with van der Waals surface area (Å²) in [7, 11) is 0. The second-order valence-corrected chi connectivity index (χ2v) is 11.6. The van der Waals surface area contributed by atoms with E-state index >= 15 is 0 Å². The highest BCUT2D eigenvalue weighted by Crippen LogP contribution is 2.45. The standard InChI is InChI=1S/C22H38OS/c1-19(2,3)13-21(7,8)15-12-18(24)16(11-17(15)23)22(9,10)14-20(4,5)6/h11-12,23-24H,13-14H2,1-10H3. The molecule has 1 aromatic rings.